The van der Waals surface area contributed by atoms with Gasteiger partial charge in [-0.2, -0.15) is 0 Å². The van der Waals surface area contributed by atoms with Crippen molar-refractivity contribution in [3.05, 3.63) is 72.9 Å². The summed E-state index contributed by atoms with van der Waals surface area (Å²) in [5.74, 6) is -0.185. The zero-order valence-corrected chi connectivity index (χ0v) is 46.4. The van der Waals surface area contributed by atoms with Crippen LogP contribution in [0.4, 0.5) is 0 Å². The van der Waals surface area contributed by atoms with Gasteiger partial charge in [0.15, 0.2) is 6.29 Å². The first kappa shape index (κ1) is 67.6. The Morgan fingerprint density at radius 2 is 0.875 bits per heavy atom. The van der Waals surface area contributed by atoms with Gasteiger partial charge in [-0.25, -0.2) is 0 Å². The standard InChI is InChI=1S/C63H113NO8/c1-3-5-7-9-11-13-15-17-19-20-21-22-23-24-25-26-27-28-29-30-31-32-33-34-35-36-37-38-39-41-43-45-47-49-51-53-59(67)64-56(55-71-63-62(70)61(69)60(68)58(54-65)72-63)57(66)52-50-48-46-44-42-40-18-16-14-12-10-8-6-4-2/h5,7,11,13,17,19,21-22,42,44,50,52,56-58,60-63,65-66,68-70H,3-4,6,8-10,12,14-16,18,20,23-41,43,45-49,51,53-55H2,1-2H3,(H,64,67)/b7-5-,13-11-,19-17-,22-21-,44-42+,52-50+. The first-order valence-electron chi connectivity index (χ1n) is 30.2. The summed E-state index contributed by atoms with van der Waals surface area (Å²) in [4.78, 5) is 13.0. The quantitative estimate of drug-likeness (QED) is 0.0261. The van der Waals surface area contributed by atoms with Gasteiger partial charge in [-0.05, 0) is 70.6 Å². The van der Waals surface area contributed by atoms with Gasteiger partial charge in [-0.1, -0.05) is 260 Å². The topological polar surface area (TPSA) is 149 Å². The molecule has 0 bridgehead atoms. The fraction of sp³-hybridized carbons (Fsp3) is 0.794. The first-order chi connectivity index (χ1) is 35.3. The SMILES string of the molecule is CC/C=C\C/C=C\C/C=C\C/C=C\CCCCCCCCCCCCCCCCCCCCCCCCC(=O)NC(COC1OC(CO)C(O)C(O)C1O)C(O)/C=C/CC/C=C/CCCCCCCCCC. The van der Waals surface area contributed by atoms with E-state index in [1.54, 1.807) is 6.08 Å². The average Bonchev–Trinajstić information content (AvgIpc) is 3.38. The highest BCUT2D eigenvalue weighted by molar-refractivity contribution is 5.76. The van der Waals surface area contributed by atoms with Crippen molar-refractivity contribution in [1.82, 2.24) is 5.32 Å². The molecule has 0 aromatic heterocycles. The third kappa shape index (κ3) is 40.9. The molecule has 7 atom stereocenters. The first-order valence-corrected chi connectivity index (χ1v) is 30.2. The van der Waals surface area contributed by atoms with E-state index in [0.717, 1.165) is 64.2 Å². The molecule has 6 N–H and O–H groups in total. The number of allylic oxidation sites excluding steroid dienone is 11. The van der Waals surface area contributed by atoms with Crippen molar-refractivity contribution < 1.29 is 39.8 Å². The Labute approximate surface area is 442 Å². The van der Waals surface area contributed by atoms with Crippen molar-refractivity contribution in [3.8, 4) is 0 Å². The lowest BCUT2D eigenvalue weighted by molar-refractivity contribution is -0.302. The van der Waals surface area contributed by atoms with E-state index in [-0.39, 0.29) is 12.5 Å². The van der Waals surface area contributed by atoms with Crippen LogP contribution in [0.15, 0.2) is 72.9 Å². The summed E-state index contributed by atoms with van der Waals surface area (Å²) < 4.78 is 11.2. The van der Waals surface area contributed by atoms with Crippen molar-refractivity contribution in [2.75, 3.05) is 13.2 Å². The Kier molecular flexibility index (Phi) is 48.9. The second kappa shape index (κ2) is 52.1. The summed E-state index contributed by atoms with van der Waals surface area (Å²) >= 11 is 0. The Morgan fingerprint density at radius 3 is 1.33 bits per heavy atom. The van der Waals surface area contributed by atoms with E-state index in [0.29, 0.717) is 6.42 Å². The highest BCUT2D eigenvalue weighted by Gasteiger charge is 2.44. The molecular formula is C63H113NO8. The molecule has 1 rings (SSSR count). The van der Waals surface area contributed by atoms with Gasteiger partial charge in [0.1, 0.15) is 24.4 Å². The molecule has 0 aromatic rings. The van der Waals surface area contributed by atoms with E-state index >= 15 is 0 Å². The molecule has 0 saturated carbocycles. The third-order valence-electron chi connectivity index (χ3n) is 14.0. The largest absolute Gasteiger partial charge is 0.394 e. The molecule has 1 saturated heterocycles. The van der Waals surface area contributed by atoms with Crippen LogP contribution >= 0.6 is 0 Å². The minimum Gasteiger partial charge on any atom is -0.394 e. The molecule has 0 spiro atoms. The number of aliphatic hydroxyl groups is 5. The lowest BCUT2D eigenvalue weighted by atomic mass is 9.99. The van der Waals surface area contributed by atoms with E-state index in [2.05, 4.69) is 79.9 Å². The van der Waals surface area contributed by atoms with Crippen molar-refractivity contribution in [3.63, 3.8) is 0 Å². The van der Waals surface area contributed by atoms with Crippen molar-refractivity contribution in [1.29, 1.82) is 0 Å². The van der Waals surface area contributed by atoms with Crippen LogP contribution in [0.5, 0.6) is 0 Å². The minimum absolute atomic E-state index is 0.185. The maximum atomic E-state index is 13.0. The van der Waals surface area contributed by atoms with Crippen LogP contribution in [0.1, 0.15) is 264 Å². The Morgan fingerprint density at radius 1 is 0.486 bits per heavy atom. The number of hydrogen-bond acceptors (Lipinski definition) is 8. The second-order valence-electron chi connectivity index (χ2n) is 20.8. The third-order valence-corrected chi connectivity index (χ3v) is 14.0. The molecule has 418 valence electrons. The second-order valence-corrected chi connectivity index (χ2v) is 20.8. The number of unbranched alkanes of at least 4 members (excludes halogenated alkanes) is 31. The van der Waals surface area contributed by atoms with Gasteiger partial charge in [0.25, 0.3) is 0 Å². The van der Waals surface area contributed by atoms with Crippen molar-refractivity contribution in [2.45, 2.75) is 307 Å². The average molecular weight is 1010 g/mol. The predicted octanol–water partition coefficient (Wildman–Crippen LogP) is 15.2. The molecule has 0 aromatic carbocycles. The number of ether oxygens (including phenoxy) is 2. The maximum absolute atomic E-state index is 13.0. The summed E-state index contributed by atoms with van der Waals surface area (Å²) in [5.41, 5.74) is 0. The molecule has 1 aliphatic rings. The fourth-order valence-corrected chi connectivity index (χ4v) is 9.28. The van der Waals surface area contributed by atoms with Crippen LogP contribution < -0.4 is 5.32 Å². The van der Waals surface area contributed by atoms with Crippen LogP contribution in [-0.2, 0) is 14.3 Å². The number of carbonyl (C=O) groups excluding carboxylic acids is 1. The number of aliphatic hydroxyl groups excluding tert-OH is 5. The predicted molar refractivity (Wildman–Crippen MR) is 304 cm³/mol. The minimum atomic E-state index is -1.57. The maximum Gasteiger partial charge on any atom is 0.220 e. The van der Waals surface area contributed by atoms with E-state index in [4.69, 9.17) is 9.47 Å². The van der Waals surface area contributed by atoms with Crippen molar-refractivity contribution >= 4 is 5.91 Å². The molecule has 1 aliphatic heterocycles. The molecule has 9 nitrogen and oxygen atoms in total. The molecule has 0 aliphatic carbocycles. The van der Waals surface area contributed by atoms with Crippen LogP contribution in [-0.4, -0.2) is 87.5 Å². The zero-order valence-electron chi connectivity index (χ0n) is 46.4. The van der Waals surface area contributed by atoms with Crippen LogP contribution in [0.3, 0.4) is 0 Å². The van der Waals surface area contributed by atoms with E-state index in [9.17, 15) is 30.3 Å². The molecule has 1 fully saturated rings. The van der Waals surface area contributed by atoms with Crippen LogP contribution in [0.25, 0.3) is 0 Å². The number of amides is 1. The summed E-state index contributed by atoms with van der Waals surface area (Å²) in [6, 6.07) is -0.822. The fourth-order valence-electron chi connectivity index (χ4n) is 9.28. The number of carbonyl (C=O) groups is 1. The lowest BCUT2D eigenvalue weighted by Gasteiger charge is -2.40. The molecule has 1 heterocycles. The highest BCUT2D eigenvalue weighted by Crippen LogP contribution is 2.23. The summed E-state index contributed by atoms with van der Waals surface area (Å²) in [7, 11) is 0. The van der Waals surface area contributed by atoms with Gasteiger partial charge in [0.05, 0.1) is 25.4 Å². The molecular weight excluding hydrogens is 899 g/mol. The van der Waals surface area contributed by atoms with E-state index < -0.39 is 49.5 Å². The van der Waals surface area contributed by atoms with Gasteiger partial charge in [0, 0.05) is 6.42 Å². The van der Waals surface area contributed by atoms with Crippen LogP contribution in [0.2, 0.25) is 0 Å². The Hall–Kier alpha value is -2.37. The molecule has 7 unspecified atom stereocenters. The molecule has 1 amide bonds. The normalized spacial score (nSPS) is 19.7. The Bertz CT molecular complexity index is 1360. The van der Waals surface area contributed by atoms with Crippen LogP contribution in [0, 0.1) is 0 Å². The number of hydrogen-bond donors (Lipinski definition) is 6. The summed E-state index contributed by atoms with van der Waals surface area (Å²) in [5, 5.41) is 54.4. The monoisotopic (exact) mass is 1010 g/mol. The van der Waals surface area contributed by atoms with E-state index in [1.807, 2.05) is 6.08 Å². The van der Waals surface area contributed by atoms with Gasteiger partial charge in [-0.3, -0.25) is 4.79 Å². The zero-order chi connectivity index (χ0) is 52.2. The van der Waals surface area contributed by atoms with Crippen molar-refractivity contribution in [2.24, 2.45) is 0 Å². The smallest absolute Gasteiger partial charge is 0.220 e. The molecule has 72 heavy (non-hydrogen) atoms. The van der Waals surface area contributed by atoms with Gasteiger partial charge < -0.3 is 40.3 Å². The molecule has 9 heteroatoms. The number of nitrogens with one attached hydrogen (secondary N) is 1. The highest BCUT2D eigenvalue weighted by atomic mass is 16.7. The van der Waals surface area contributed by atoms with Gasteiger partial charge in [0.2, 0.25) is 5.91 Å². The Balaban J connectivity index is 2.10. The molecule has 0 radical (unpaired) electrons. The van der Waals surface area contributed by atoms with Gasteiger partial charge in [-0.15, -0.1) is 0 Å². The van der Waals surface area contributed by atoms with Gasteiger partial charge >= 0.3 is 0 Å². The number of rotatable bonds is 51. The van der Waals surface area contributed by atoms with E-state index in [1.165, 1.54) is 180 Å². The summed E-state index contributed by atoms with van der Waals surface area (Å²) in [6.07, 6.45) is 65.7. The lowest BCUT2D eigenvalue weighted by Crippen LogP contribution is -2.60. The summed E-state index contributed by atoms with van der Waals surface area (Å²) in [6.45, 7) is 3.65.